The van der Waals surface area contributed by atoms with Gasteiger partial charge in [-0.05, 0) is 43.3 Å². The van der Waals surface area contributed by atoms with Crippen molar-refractivity contribution >= 4 is 10.9 Å². The molecule has 0 spiro atoms. The zero-order chi connectivity index (χ0) is 16.7. The molecule has 2 aromatic heterocycles. The predicted octanol–water partition coefficient (Wildman–Crippen LogP) is 3.22. The fourth-order valence-electron chi connectivity index (χ4n) is 2.58. The van der Waals surface area contributed by atoms with Crippen molar-refractivity contribution in [2.24, 2.45) is 0 Å². The summed E-state index contributed by atoms with van der Waals surface area (Å²) >= 11 is 0. The maximum Gasteiger partial charge on any atom is 0.258 e. The molecular weight excluding hydrogens is 307 g/mol. The molecule has 0 aliphatic heterocycles. The minimum atomic E-state index is -0.358. The van der Waals surface area contributed by atoms with Crippen molar-refractivity contribution < 1.29 is 4.39 Å². The summed E-state index contributed by atoms with van der Waals surface area (Å²) < 4.78 is 15.0. The second kappa shape index (κ2) is 5.42. The van der Waals surface area contributed by atoms with E-state index in [1.54, 1.807) is 23.0 Å². The molecule has 0 bridgehead atoms. The van der Waals surface area contributed by atoms with Gasteiger partial charge in [-0.1, -0.05) is 22.9 Å². The summed E-state index contributed by atoms with van der Waals surface area (Å²) in [5.41, 5.74) is 3.07. The van der Waals surface area contributed by atoms with Crippen LogP contribution in [-0.4, -0.2) is 20.0 Å². The van der Waals surface area contributed by atoms with Crippen LogP contribution in [0.3, 0.4) is 0 Å². The van der Waals surface area contributed by atoms with E-state index in [1.807, 2.05) is 31.2 Å². The van der Waals surface area contributed by atoms with Crippen LogP contribution >= 0.6 is 0 Å². The third kappa shape index (κ3) is 2.48. The number of hydrogen-bond acceptors (Lipinski definition) is 3. The van der Waals surface area contributed by atoms with Gasteiger partial charge in [-0.15, -0.1) is 5.10 Å². The normalized spacial score (nSPS) is 11.1. The highest BCUT2D eigenvalue weighted by atomic mass is 19.1. The first-order valence-corrected chi connectivity index (χ1v) is 7.42. The zero-order valence-electron chi connectivity index (χ0n) is 12.8. The van der Waals surface area contributed by atoms with Crippen LogP contribution in [0, 0.1) is 12.7 Å². The highest BCUT2D eigenvalue weighted by molar-refractivity contribution is 5.82. The van der Waals surface area contributed by atoms with Crippen LogP contribution in [0.1, 0.15) is 5.56 Å². The van der Waals surface area contributed by atoms with Gasteiger partial charge in [0.15, 0.2) is 0 Å². The van der Waals surface area contributed by atoms with Crippen molar-refractivity contribution in [1.29, 1.82) is 0 Å². The number of pyridine rings is 1. The third-order valence-corrected chi connectivity index (χ3v) is 3.87. The lowest BCUT2D eigenvalue weighted by atomic mass is 10.1. The number of nitrogens with zero attached hydrogens (tertiary/aromatic N) is 3. The van der Waals surface area contributed by atoms with E-state index in [0.29, 0.717) is 22.2 Å². The fraction of sp³-hybridized carbons (Fsp3) is 0.0556. The molecule has 0 saturated heterocycles. The van der Waals surface area contributed by atoms with Crippen LogP contribution in [-0.2, 0) is 0 Å². The van der Waals surface area contributed by atoms with Crippen molar-refractivity contribution in [3.8, 4) is 16.9 Å². The molecule has 4 aromatic rings. The summed E-state index contributed by atoms with van der Waals surface area (Å²) in [5.74, 6) is -0.358. The van der Waals surface area contributed by atoms with Crippen molar-refractivity contribution in [1.82, 2.24) is 20.0 Å². The van der Waals surface area contributed by atoms with Gasteiger partial charge in [-0.3, -0.25) is 4.79 Å². The molecule has 0 amide bonds. The summed E-state index contributed by atoms with van der Waals surface area (Å²) in [7, 11) is 0. The molecule has 6 heteroatoms. The monoisotopic (exact) mass is 320 g/mol. The minimum absolute atomic E-state index is 0.287. The Kier molecular flexibility index (Phi) is 3.23. The molecular formula is C18H13FN4O. The summed E-state index contributed by atoms with van der Waals surface area (Å²) in [6, 6.07) is 13.6. The lowest BCUT2D eigenvalue weighted by molar-refractivity contribution is 0.629. The molecule has 0 aliphatic rings. The van der Waals surface area contributed by atoms with Gasteiger partial charge < -0.3 is 4.98 Å². The average Bonchev–Trinajstić information content (AvgIpc) is 3.05. The topological polar surface area (TPSA) is 63.6 Å². The first-order chi connectivity index (χ1) is 11.6. The quantitative estimate of drug-likeness (QED) is 0.617. The number of hydrogen-bond donors (Lipinski definition) is 1. The summed E-state index contributed by atoms with van der Waals surface area (Å²) in [6.45, 7) is 2.00. The molecule has 1 N–H and O–H groups in total. The van der Waals surface area contributed by atoms with Gasteiger partial charge in [0.1, 0.15) is 11.5 Å². The lowest BCUT2D eigenvalue weighted by Gasteiger charge is -2.01. The number of rotatable bonds is 2. The molecule has 24 heavy (non-hydrogen) atoms. The number of halogens is 1. The largest absolute Gasteiger partial charge is 0.321 e. The molecule has 2 aromatic carbocycles. The minimum Gasteiger partial charge on any atom is -0.321 e. The molecule has 2 heterocycles. The van der Waals surface area contributed by atoms with E-state index in [-0.39, 0.29) is 11.4 Å². The number of aromatic nitrogens is 4. The fourth-order valence-corrected chi connectivity index (χ4v) is 2.58. The third-order valence-electron chi connectivity index (χ3n) is 3.87. The van der Waals surface area contributed by atoms with Crippen molar-refractivity contribution in [2.75, 3.05) is 0 Å². The first kappa shape index (κ1) is 14.3. The number of H-pyrrole nitrogens is 1. The van der Waals surface area contributed by atoms with Crippen LogP contribution in [0.25, 0.3) is 27.8 Å². The number of fused-ring (bicyclic) bond motifs is 1. The average molecular weight is 320 g/mol. The molecule has 0 aliphatic carbocycles. The Morgan fingerprint density at radius 1 is 1.08 bits per heavy atom. The molecule has 0 fully saturated rings. The van der Waals surface area contributed by atoms with Crippen LogP contribution in [0.4, 0.5) is 4.39 Å². The molecule has 118 valence electrons. The van der Waals surface area contributed by atoms with E-state index in [0.717, 1.165) is 11.3 Å². The summed E-state index contributed by atoms with van der Waals surface area (Å²) in [4.78, 5) is 15.0. The second-order valence-electron chi connectivity index (χ2n) is 5.63. The summed E-state index contributed by atoms with van der Waals surface area (Å²) in [5, 5.41) is 8.75. The Labute approximate surface area is 136 Å². The number of aromatic amines is 1. The SMILES string of the molecule is Cc1ccc(-n2cc(-c3cc4cc(F)ccc4[nH]c3=O)nn2)cc1. The molecule has 0 radical (unpaired) electrons. The van der Waals surface area contributed by atoms with Crippen LogP contribution in [0.15, 0.2) is 59.5 Å². The predicted molar refractivity (Wildman–Crippen MR) is 89.6 cm³/mol. The molecule has 4 rings (SSSR count). The van der Waals surface area contributed by atoms with Crippen molar-refractivity contribution in [2.45, 2.75) is 6.92 Å². The molecule has 0 unspecified atom stereocenters. The van der Waals surface area contributed by atoms with Gasteiger partial charge >= 0.3 is 0 Å². The summed E-state index contributed by atoms with van der Waals surface area (Å²) in [6.07, 6.45) is 1.68. The Hall–Kier alpha value is -3.28. The van der Waals surface area contributed by atoms with Crippen LogP contribution in [0.5, 0.6) is 0 Å². The van der Waals surface area contributed by atoms with Crippen molar-refractivity contribution in [3.63, 3.8) is 0 Å². The molecule has 0 saturated carbocycles. The highest BCUT2D eigenvalue weighted by Gasteiger charge is 2.11. The Bertz CT molecular complexity index is 1100. The molecule has 0 atom stereocenters. The van der Waals surface area contributed by atoms with E-state index in [2.05, 4.69) is 15.3 Å². The van der Waals surface area contributed by atoms with E-state index in [1.165, 1.54) is 12.1 Å². The van der Waals surface area contributed by atoms with Gasteiger partial charge in [-0.25, -0.2) is 9.07 Å². The number of benzene rings is 2. The Balaban J connectivity index is 1.81. The zero-order valence-corrected chi connectivity index (χ0v) is 12.8. The highest BCUT2D eigenvalue weighted by Crippen LogP contribution is 2.19. The van der Waals surface area contributed by atoms with E-state index in [9.17, 15) is 9.18 Å². The van der Waals surface area contributed by atoms with E-state index < -0.39 is 0 Å². The van der Waals surface area contributed by atoms with Gasteiger partial charge in [0.25, 0.3) is 5.56 Å². The lowest BCUT2D eigenvalue weighted by Crippen LogP contribution is -2.08. The first-order valence-electron chi connectivity index (χ1n) is 7.42. The van der Waals surface area contributed by atoms with Gasteiger partial charge in [0.05, 0.1) is 17.4 Å². The standard InChI is InChI=1S/C18H13FN4O/c1-11-2-5-14(6-3-11)23-10-17(21-22-23)15-9-12-8-13(19)4-7-16(12)20-18(15)24/h2-10H,1H3,(H,20,24). The molecule has 5 nitrogen and oxygen atoms in total. The van der Waals surface area contributed by atoms with Crippen molar-refractivity contribution in [3.05, 3.63) is 76.5 Å². The maximum atomic E-state index is 13.4. The van der Waals surface area contributed by atoms with Gasteiger partial charge in [0, 0.05) is 10.9 Å². The number of aryl methyl sites for hydroxylation is 1. The van der Waals surface area contributed by atoms with Crippen LogP contribution in [0.2, 0.25) is 0 Å². The van der Waals surface area contributed by atoms with E-state index >= 15 is 0 Å². The maximum absolute atomic E-state index is 13.4. The van der Waals surface area contributed by atoms with Gasteiger partial charge in [0.2, 0.25) is 0 Å². The van der Waals surface area contributed by atoms with Gasteiger partial charge in [-0.2, -0.15) is 0 Å². The van der Waals surface area contributed by atoms with E-state index in [4.69, 9.17) is 0 Å². The number of nitrogens with one attached hydrogen (secondary N) is 1. The van der Waals surface area contributed by atoms with Crippen LogP contribution < -0.4 is 5.56 Å². The Morgan fingerprint density at radius 3 is 2.67 bits per heavy atom. The smallest absolute Gasteiger partial charge is 0.258 e. The Morgan fingerprint density at radius 2 is 1.88 bits per heavy atom. The second-order valence-corrected chi connectivity index (χ2v) is 5.63.